The second-order valence-electron chi connectivity index (χ2n) is 8.70. The summed E-state index contributed by atoms with van der Waals surface area (Å²) in [6.45, 7) is 4.18. The van der Waals surface area contributed by atoms with Crippen LogP contribution in [0.3, 0.4) is 0 Å². The van der Waals surface area contributed by atoms with Gasteiger partial charge in [0.15, 0.2) is 0 Å². The summed E-state index contributed by atoms with van der Waals surface area (Å²) in [6, 6.07) is 14.7. The highest BCUT2D eigenvalue weighted by Crippen LogP contribution is 2.30. The van der Waals surface area contributed by atoms with Crippen LogP contribution in [0.4, 0.5) is 5.69 Å². The SMILES string of the molecule is COc1cccc(OC)c1C(=O)N1CCN(CCNC(=O)C2CC(=O)N(c3ccccc3)C2)CC1. The van der Waals surface area contributed by atoms with Crippen molar-refractivity contribution in [1.29, 1.82) is 0 Å². The summed E-state index contributed by atoms with van der Waals surface area (Å²) in [6.07, 6.45) is 0.230. The van der Waals surface area contributed by atoms with E-state index >= 15 is 0 Å². The zero-order valence-electron chi connectivity index (χ0n) is 20.2. The van der Waals surface area contributed by atoms with E-state index in [-0.39, 0.29) is 30.1 Å². The highest BCUT2D eigenvalue weighted by atomic mass is 16.5. The summed E-state index contributed by atoms with van der Waals surface area (Å²) in [5.74, 6) is 0.429. The standard InChI is InChI=1S/C26H32N4O5/c1-34-21-9-6-10-22(35-2)24(21)26(33)29-15-13-28(14-16-29)12-11-27-25(32)19-17-23(31)30(18-19)20-7-4-3-5-8-20/h3-10,19H,11-18H2,1-2H3,(H,27,32). The molecule has 2 aromatic rings. The van der Waals surface area contributed by atoms with Crippen LogP contribution in [0.5, 0.6) is 11.5 Å². The third-order valence-electron chi connectivity index (χ3n) is 6.59. The van der Waals surface area contributed by atoms with Crippen molar-refractivity contribution in [2.24, 2.45) is 5.92 Å². The first kappa shape index (κ1) is 24.5. The third kappa shape index (κ3) is 5.57. The van der Waals surface area contributed by atoms with E-state index in [4.69, 9.17) is 9.47 Å². The molecule has 2 saturated heterocycles. The Morgan fingerprint density at radius 3 is 2.23 bits per heavy atom. The van der Waals surface area contributed by atoms with Gasteiger partial charge in [-0.3, -0.25) is 19.3 Å². The van der Waals surface area contributed by atoms with Crippen molar-refractivity contribution < 1.29 is 23.9 Å². The quantitative estimate of drug-likeness (QED) is 0.618. The number of piperazine rings is 1. The van der Waals surface area contributed by atoms with Crippen LogP contribution in [0.15, 0.2) is 48.5 Å². The van der Waals surface area contributed by atoms with Crippen LogP contribution in [0.2, 0.25) is 0 Å². The molecule has 9 heteroatoms. The molecule has 0 radical (unpaired) electrons. The van der Waals surface area contributed by atoms with Crippen molar-refractivity contribution in [1.82, 2.24) is 15.1 Å². The van der Waals surface area contributed by atoms with Crippen molar-refractivity contribution in [3.63, 3.8) is 0 Å². The van der Waals surface area contributed by atoms with Gasteiger partial charge in [-0.2, -0.15) is 0 Å². The fourth-order valence-corrected chi connectivity index (χ4v) is 4.62. The van der Waals surface area contributed by atoms with Gasteiger partial charge in [0, 0.05) is 57.9 Å². The lowest BCUT2D eigenvalue weighted by atomic mass is 10.1. The Labute approximate surface area is 205 Å². The van der Waals surface area contributed by atoms with Crippen molar-refractivity contribution in [2.75, 3.05) is 64.9 Å². The van der Waals surface area contributed by atoms with E-state index in [1.807, 2.05) is 30.3 Å². The molecule has 0 saturated carbocycles. The number of nitrogens with one attached hydrogen (secondary N) is 1. The maximum absolute atomic E-state index is 13.1. The van der Waals surface area contributed by atoms with Crippen LogP contribution in [-0.2, 0) is 9.59 Å². The van der Waals surface area contributed by atoms with E-state index < -0.39 is 0 Å². The molecule has 2 aromatic carbocycles. The summed E-state index contributed by atoms with van der Waals surface area (Å²) in [5, 5.41) is 2.98. The number of amides is 3. The van der Waals surface area contributed by atoms with E-state index in [2.05, 4.69) is 10.2 Å². The number of carbonyl (C=O) groups excluding carboxylic acids is 3. The predicted octanol–water partition coefficient (Wildman–Crippen LogP) is 1.63. The molecule has 35 heavy (non-hydrogen) atoms. The third-order valence-corrected chi connectivity index (χ3v) is 6.59. The van der Waals surface area contributed by atoms with Gasteiger partial charge in [-0.05, 0) is 24.3 Å². The van der Waals surface area contributed by atoms with Gasteiger partial charge in [-0.15, -0.1) is 0 Å². The Hall–Kier alpha value is -3.59. The normalized spacial score (nSPS) is 18.5. The molecular weight excluding hydrogens is 448 g/mol. The van der Waals surface area contributed by atoms with Gasteiger partial charge < -0.3 is 24.6 Å². The van der Waals surface area contributed by atoms with Crippen LogP contribution in [0, 0.1) is 5.92 Å². The topological polar surface area (TPSA) is 91.4 Å². The molecule has 0 aromatic heterocycles. The van der Waals surface area contributed by atoms with Gasteiger partial charge in [-0.25, -0.2) is 0 Å². The average molecular weight is 481 g/mol. The molecule has 0 spiro atoms. The molecule has 1 atom stereocenters. The second kappa shape index (κ2) is 11.2. The number of rotatable bonds is 8. The number of para-hydroxylation sites is 1. The molecule has 186 valence electrons. The molecule has 3 amide bonds. The van der Waals surface area contributed by atoms with E-state index in [9.17, 15) is 14.4 Å². The van der Waals surface area contributed by atoms with Crippen molar-refractivity contribution >= 4 is 23.4 Å². The summed E-state index contributed by atoms with van der Waals surface area (Å²) in [7, 11) is 3.08. The van der Waals surface area contributed by atoms with E-state index in [0.717, 1.165) is 5.69 Å². The Morgan fingerprint density at radius 2 is 1.60 bits per heavy atom. The molecule has 0 aliphatic carbocycles. The molecule has 2 aliphatic rings. The molecule has 1 unspecified atom stereocenters. The lowest BCUT2D eigenvalue weighted by Gasteiger charge is -2.35. The molecule has 4 rings (SSSR count). The van der Waals surface area contributed by atoms with Crippen LogP contribution in [0.1, 0.15) is 16.8 Å². The number of anilines is 1. The van der Waals surface area contributed by atoms with Crippen LogP contribution < -0.4 is 19.7 Å². The number of nitrogens with zero attached hydrogens (tertiary/aromatic N) is 3. The molecule has 0 bridgehead atoms. The van der Waals surface area contributed by atoms with Gasteiger partial charge >= 0.3 is 0 Å². The maximum Gasteiger partial charge on any atom is 0.261 e. The maximum atomic E-state index is 13.1. The first-order valence-electron chi connectivity index (χ1n) is 11.9. The molecule has 1 N–H and O–H groups in total. The second-order valence-corrected chi connectivity index (χ2v) is 8.70. The Morgan fingerprint density at radius 1 is 0.943 bits per heavy atom. The van der Waals surface area contributed by atoms with Crippen LogP contribution in [-0.4, -0.2) is 87.6 Å². The predicted molar refractivity (Wildman–Crippen MR) is 132 cm³/mol. The first-order valence-corrected chi connectivity index (χ1v) is 11.9. The molecule has 2 heterocycles. The highest BCUT2D eigenvalue weighted by molar-refractivity contribution is 6.00. The van der Waals surface area contributed by atoms with E-state index in [0.29, 0.717) is 62.9 Å². The Bertz CT molecular complexity index is 1030. The minimum Gasteiger partial charge on any atom is -0.496 e. The average Bonchev–Trinajstić information content (AvgIpc) is 3.30. The summed E-state index contributed by atoms with van der Waals surface area (Å²) in [4.78, 5) is 43.8. The zero-order chi connectivity index (χ0) is 24.8. The number of carbonyl (C=O) groups is 3. The summed E-state index contributed by atoms with van der Waals surface area (Å²) >= 11 is 0. The van der Waals surface area contributed by atoms with Gasteiger partial charge in [0.1, 0.15) is 17.1 Å². The molecule has 2 aliphatic heterocycles. The molecule has 2 fully saturated rings. The fourth-order valence-electron chi connectivity index (χ4n) is 4.62. The van der Waals surface area contributed by atoms with Crippen molar-refractivity contribution in [2.45, 2.75) is 6.42 Å². The summed E-state index contributed by atoms with van der Waals surface area (Å²) in [5.41, 5.74) is 1.26. The number of hydrogen-bond acceptors (Lipinski definition) is 6. The Balaban J connectivity index is 1.22. The Kier molecular flexibility index (Phi) is 7.87. The highest BCUT2D eigenvalue weighted by Gasteiger charge is 2.35. The molecule has 9 nitrogen and oxygen atoms in total. The van der Waals surface area contributed by atoms with Gasteiger partial charge in [0.2, 0.25) is 11.8 Å². The van der Waals surface area contributed by atoms with Crippen LogP contribution >= 0.6 is 0 Å². The number of methoxy groups -OCH3 is 2. The largest absolute Gasteiger partial charge is 0.496 e. The fraction of sp³-hybridized carbons (Fsp3) is 0.423. The van der Waals surface area contributed by atoms with E-state index in [1.165, 1.54) is 0 Å². The van der Waals surface area contributed by atoms with Gasteiger partial charge in [0.05, 0.1) is 20.1 Å². The number of ether oxygens (including phenoxy) is 2. The zero-order valence-corrected chi connectivity index (χ0v) is 20.2. The molecular formula is C26H32N4O5. The minimum absolute atomic E-state index is 0.0242. The van der Waals surface area contributed by atoms with Gasteiger partial charge in [0.25, 0.3) is 5.91 Å². The monoisotopic (exact) mass is 480 g/mol. The van der Waals surface area contributed by atoms with Crippen LogP contribution in [0.25, 0.3) is 0 Å². The van der Waals surface area contributed by atoms with Crippen molar-refractivity contribution in [3.05, 3.63) is 54.1 Å². The lowest BCUT2D eigenvalue weighted by molar-refractivity contribution is -0.126. The lowest BCUT2D eigenvalue weighted by Crippen LogP contribution is -2.50. The number of benzene rings is 2. The number of hydrogen-bond donors (Lipinski definition) is 1. The summed E-state index contributed by atoms with van der Waals surface area (Å²) < 4.78 is 10.7. The smallest absolute Gasteiger partial charge is 0.261 e. The van der Waals surface area contributed by atoms with E-state index in [1.54, 1.807) is 42.2 Å². The van der Waals surface area contributed by atoms with Gasteiger partial charge in [-0.1, -0.05) is 24.3 Å². The van der Waals surface area contributed by atoms with Crippen molar-refractivity contribution in [3.8, 4) is 11.5 Å². The first-order chi connectivity index (χ1) is 17.0. The minimum atomic E-state index is -0.340.